The van der Waals surface area contributed by atoms with Gasteiger partial charge in [-0.1, -0.05) is 75.6 Å². The fraction of sp³-hybridized carbons (Fsp3) is 0.721. The maximum Gasteiger partial charge on any atom is 0.317 e. The van der Waals surface area contributed by atoms with Crippen LogP contribution in [0.3, 0.4) is 0 Å². The number of amides is 4. The van der Waals surface area contributed by atoms with Gasteiger partial charge in [0.1, 0.15) is 0 Å². The Morgan fingerprint density at radius 2 is 0.336 bits per heavy atom. The largest absolute Gasteiger partial charge is 0.437 e. The van der Waals surface area contributed by atoms with Crippen LogP contribution in [0.1, 0.15) is 118 Å². The summed E-state index contributed by atoms with van der Waals surface area (Å²) in [5.41, 5.74) is 1.87. The van der Waals surface area contributed by atoms with Gasteiger partial charge in [0.05, 0.1) is 0 Å². The first kappa shape index (κ1) is 114. The van der Waals surface area contributed by atoms with Gasteiger partial charge in [-0.2, -0.15) is 0 Å². The molecular weight excluding hydrogens is 1940 g/mol. The van der Waals surface area contributed by atoms with Gasteiger partial charge >= 0.3 is 103 Å². The number of fused-ring (bicyclic) bond motifs is 2. The fourth-order valence-corrected chi connectivity index (χ4v) is 115. The van der Waals surface area contributed by atoms with Gasteiger partial charge in [0.25, 0.3) is 23.6 Å². The van der Waals surface area contributed by atoms with Crippen LogP contribution in [-0.4, -0.2) is 215 Å². The molecule has 0 fully saturated rings. The lowest BCUT2D eigenvalue weighted by atomic mass is 9.81. The lowest BCUT2D eigenvalue weighted by molar-refractivity contribution is 0.0502. The Kier molecular flexibility index (Phi) is 36.9. The molecule has 728 valence electrons. The molecule has 5 aromatic carbocycles. The van der Waals surface area contributed by atoms with Crippen molar-refractivity contribution < 1.29 is 85.0 Å². The first-order chi connectivity index (χ1) is 57.3. The molecule has 7 rings (SSSR count). The maximum atomic E-state index is 16.1. The zero-order valence-corrected chi connectivity index (χ0v) is 108. The quantitative estimate of drug-likeness (QED) is 0.0116. The van der Waals surface area contributed by atoms with Gasteiger partial charge in [-0.25, -0.2) is 0 Å². The zero-order valence-electron chi connectivity index (χ0n) is 88.1. The van der Waals surface area contributed by atoms with Crippen LogP contribution in [0.15, 0.2) is 48.5 Å². The maximum absolute atomic E-state index is 16.1. The Morgan fingerprint density at radius 3 is 0.469 bits per heavy atom. The fourth-order valence-electron chi connectivity index (χ4n) is 20.8. The predicted octanol–water partition coefficient (Wildman–Crippen LogP) is 27.2. The highest BCUT2D eigenvalue weighted by atomic mass is 28.5. The minimum atomic E-state index is -3.01. The van der Waals surface area contributed by atoms with Gasteiger partial charge in [-0.3, -0.25) is 29.0 Å². The number of hydrogen-bond acceptors (Lipinski definition) is 20. The van der Waals surface area contributed by atoms with Gasteiger partial charge < -0.3 is 65.8 Å². The van der Waals surface area contributed by atoms with E-state index in [1.165, 1.54) is 0 Å². The van der Waals surface area contributed by atoms with Crippen molar-refractivity contribution in [3.63, 3.8) is 0 Å². The molecule has 0 aromatic heterocycles. The molecule has 0 saturated heterocycles. The SMILES string of the molecule is C[Si](C)(C)O[Si](C)(C)O[Si](C)(CCCCC(CCCC[Si](C)(O[Si](C)(C)O[Si](C)(C)C)O[Si](C)(C)O[Si](C)(C)C)N1C(=O)c2ccc3c4ccc5c6c(ccc(c7ccc(c2c37)C1=O)c64)C(=O)N(C(CCCC[Si](C)(O[Si](C)(C)O[Si](C)(C)C)O[Si](C)(C)O[Si](C)(C)C)CCCC[Si](C)(O[Si](C)(C)O[Si](C)(C)C)O[Si](C)(C)O[Si](C)(C)C)C5=O)O[Si](C)(C)O[Si](C)(C)C. The van der Waals surface area contributed by atoms with Crippen molar-refractivity contribution in [3.8, 4) is 0 Å². The summed E-state index contributed by atoms with van der Waals surface area (Å²) in [5, 5.41) is 6.18. The predicted molar refractivity (Wildman–Crippen MR) is 581 cm³/mol. The van der Waals surface area contributed by atoms with Crippen molar-refractivity contribution >= 4 is 236 Å². The molecule has 0 saturated carbocycles. The molecule has 0 N–H and O–H groups in total. The molecule has 0 unspecified atom stereocenters. The summed E-state index contributed by atoms with van der Waals surface area (Å²) in [7, 11) is -49.8. The third-order valence-electron chi connectivity index (χ3n) is 21.2. The lowest BCUT2D eigenvalue weighted by Gasteiger charge is -2.43. The van der Waals surface area contributed by atoms with E-state index in [-0.39, 0.29) is 23.6 Å². The van der Waals surface area contributed by atoms with E-state index < -0.39 is 181 Å². The van der Waals surface area contributed by atoms with Crippen molar-refractivity contribution in [3.05, 3.63) is 70.8 Å². The molecule has 0 aliphatic carbocycles. The van der Waals surface area contributed by atoms with Crippen molar-refractivity contribution in [2.75, 3.05) is 0 Å². The summed E-state index contributed by atoms with van der Waals surface area (Å²) in [4.78, 5) is 67.6. The number of imide groups is 2. The van der Waals surface area contributed by atoms with Crippen molar-refractivity contribution in [1.82, 2.24) is 9.80 Å². The zero-order chi connectivity index (χ0) is 97.8. The second kappa shape index (κ2) is 41.3. The molecule has 2 aliphatic rings. The summed E-state index contributed by atoms with van der Waals surface area (Å²) in [6.45, 7) is 95.9. The van der Waals surface area contributed by atoms with E-state index in [4.69, 9.17) is 65.8 Å². The van der Waals surface area contributed by atoms with Crippen LogP contribution in [0.4, 0.5) is 0 Å². The van der Waals surface area contributed by atoms with E-state index in [1.807, 2.05) is 48.5 Å². The van der Waals surface area contributed by atoms with Crippen LogP contribution >= 0.6 is 0 Å². The normalized spacial score (nSPS) is 15.9. The molecule has 22 nitrogen and oxygen atoms in total. The standard InChI is InChI=1S/C86H174N2O20Si20/c1-109(2,3)93-117(25,26)101-125(41,102-118(27,28)94-110(4,5)6)65-49-45-53-69(54-46-50-66-126(42,103-119(29,30)95-111(7,8)9)104-120(31,32)96-112(10,11)12)87-83(89)75-61-57-71-73-59-63-77-82-78(64-60-74(80(73)82)72-58-62-76(84(87)90)81(75)79(71)72)86(92)88(85(77)91)70(55-47-51-67-127(43,105-121(33,34)97-113(13,14)15)106-122(35,36)98-114(16,17)18)56-48-52-68-128(44,107-123(37,38)99-115(19,20)21)108-124(39,40)100-116(22,23)24/h57-64,69-70H,45-56,65-68H2,1-44H3. The van der Waals surface area contributed by atoms with Crippen LogP contribution in [0, 0.1) is 0 Å². The molecule has 0 atom stereocenters. The number of carbonyl (C=O) groups is 4. The number of hydrogen-bond donors (Lipinski definition) is 0. The number of unbranched alkanes of at least 4 members (excludes halogenated alkanes) is 4. The Morgan fingerprint density at radius 1 is 0.195 bits per heavy atom. The summed E-state index contributed by atoms with van der Waals surface area (Å²) in [6, 6.07) is 17.5. The Bertz CT molecular complexity index is 4010. The summed E-state index contributed by atoms with van der Waals surface area (Å²) >= 11 is 0. The second-order valence-electron chi connectivity index (χ2n) is 48.7. The van der Waals surface area contributed by atoms with Gasteiger partial charge in [-0.05, 0) is 395 Å². The van der Waals surface area contributed by atoms with E-state index in [2.05, 4.69) is 288 Å². The minimum Gasteiger partial charge on any atom is -0.437 e. The molecule has 5 aromatic rings. The Hall–Kier alpha value is -0.622. The molecule has 42 heteroatoms. The topological polar surface area (TPSA) is 222 Å². The van der Waals surface area contributed by atoms with Crippen molar-refractivity contribution in [2.45, 2.75) is 401 Å². The van der Waals surface area contributed by atoms with Crippen LogP contribution in [-0.2, 0) is 65.8 Å². The smallest absolute Gasteiger partial charge is 0.317 e. The molecule has 0 bridgehead atoms. The molecule has 0 spiro atoms. The minimum absolute atomic E-state index is 0.323. The van der Waals surface area contributed by atoms with Crippen LogP contribution < -0.4 is 0 Å². The van der Waals surface area contributed by atoms with Crippen molar-refractivity contribution in [2.24, 2.45) is 0 Å². The monoisotopic (exact) mass is 2110 g/mol. The van der Waals surface area contributed by atoms with Gasteiger partial charge in [0, 0.05) is 45.1 Å². The lowest BCUT2D eigenvalue weighted by Crippen LogP contribution is -2.59. The van der Waals surface area contributed by atoms with E-state index in [1.54, 1.807) is 9.80 Å². The third-order valence-corrected chi connectivity index (χ3v) is 91.1. The molecule has 2 aliphatic heterocycles. The highest BCUT2D eigenvalue weighted by Gasteiger charge is 2.54. The summed E-state index contributed by atoms with van der Waals surface area (Å²) in [6.07, 6.45) is 8.02. The highest BCUT2D eigenvalue weighted by molar-refractivity contribution is 6.95. The van der Waals surface area contributed by atoms with Crippen LogP contribution in [0.25, 0.3) is 43.1 Å². The first-order valence-electron chi connectivity index (χ1n) is 47.4. The van der Waals surface area contributed by atoms with Gasteiger partial charge in [0.2, 0.25) is 0 Å². The van der Waals surface area contributed by atoms with E-state index in [0.717, 1.165) is 58.0 Å². The molecular formula is C86H174N2O20Si20. The van der Waals surface area contributed by atoms with E-state index in [9.17, 15) is 0 Å². The number of rotatable bonds is 54. The van der Waals surface area contributed by atoms with Crippen LogP contribution in [0.2, 0.25) is 312 Å². The molecule has 128 heavy (non-hydrogen) atoms. The Labute approximate surface area is 796 Å². The van der Waals surface area contributed by atoms with Crippen LogP contribution in [0.5, 0.6) is 0 Å². The van der Waals surface area contributed by atoms with Crippen molar-refractivity contribution in [1.29, 1.82) is 0 Å². The molecule has 2 heterocycles. The third kappa shape index (κ3) is 35.0. The number of carbonyl (C=O) groups excluding carboxylic acids is 4. The van der Waals surface area contributed by atoms with E-state index >= 15 is 19.2 Å². The summed E-state index contributed by atoms with van der Waals surface area (Å²) in [5.74, 6) is -1.29. The highest BCUT2D eigenvalue weighted by Crippen LogP contribution is 2.49. The number of benzene rings is 5. The van der Waals surface area contributed by atoms with Gasteiger partial charge in [-0.15, -0.1) is 0 Å². The molecule has 4 amide bonds. The summed E-state index contributed by atoms with van der Waals surface area (Å²) < 4.78 is 113. The second-order valence-corrected chi connectivity index (χ2v) is 129. The number of nitrogens with zero attached hydrogens (tertiary/aromatic N) is 2. The van der Waals surface area contributed by atoms with Gasteiger partial charge in [0.15, 0.2) is 66.5 Å². The average Bonchev–Trinajstić information content (AvgIpc) is 0.687. The first-order valence-corrected chi connectivity index (χ1v) is 107. The molecule has 0 radical (unpaired) electrons. The average molecular weight is 2120 g/mol. The van der Waals surface area contributed by atoms with E-state index in [0.29, 0.717) is 109 Å². The Balaban J connectivity index is 1.30.